The number of nitrogens with zero attached hydrogens (tertiary/aromatic N) is 2. The third-order valence-corrected chi connectivity index (χ3v) is 4.92. The molecule has 2 heterocycles. The highest BCUT2D eigenvalue weighted by atomic mass is 15.3. The van der Waals surface area contributed by atoms with Crippen LogP contribution in [0.3, 0.4) is 0 Å². The van der Waals surface area contributed by atoms with Gasteiger partial charge in [-0.25, -0.2) is 0 Å². The maximum atomic E-state index is 2.63. The SMILES string of the molecule is CN1CCC[C@@H]1C(C)(C)N1CCc2ccccc21. The molecule has 0 aliphatic carbocycles. The minimum atomic E-state index is 0.234. The summed E-state index contributed by atoms with van der Waals surface area (Å²) < 4.78 is 0. The Morgan fingerprint density at radius 2 is 1.94 bits per heavy atom. The summed E-state index contributed by atoms with van der Waals surface area (Å²) >= 11 is 0. The van der Waals surface area contributed by atoms with Gasteiger partial charge < -0.3 is 9.80 Å². The van der Waals surface area contributed by atoms with Crippen LogP contribution in [-0.2, 0) is 6.42 Å². The first-order valence-electron chi connectivity index (χ1n) is 7.16. The van der Waals surface area contributed by atoms with Crippen LogP contribution in [0.5, 0.6) is 0 Å². The highest BCUT2D eigenvalue weighted by Gasteiger charge is 2.41. The van der Waals surface area contributed by atoms with Gasteiger partial charge >= 0.3 is 0 Å². The lowest BCUT2D eigenvalue weighted by molar-refractivity contribution is 0.211. The molecule has 3 rings (SSSR count). The van der Waals surface area contributed by atoms with Crippen LogP contribution in [0.1, 0.15) is 32.3 Å². The van der Waals surface area contributed by atoms with Crippen LogP contribution in [0.4, 0.5) is 5.69 Å². The van der Waals surface area contributed by atoms with Gasteiger partial charge in [0, 0.05) is 18.3 Å². The van der Waals surface area contributed by atoms with Crippen molar-refractivity contribution in [3.63, 3.8) is 0 Å². The maximum absolute atomic E-state index is 2.63. The fourth-order valence-corrected chi connectivity index (χ4v) is 3.92. The Balaban J connectivity index is 1.91. The summed E-state index contributed by atoms with van der Waals surface area (Å²) in [5.74, 6) is 0. The predicted octanol–water partition coefficient (Wildman–Crippen LogP) is 2.92. The van der Waals surface area contributed by atoms with Crippen LogP contribution < -0.4 is 4.90 Å². The predicted molar refractivity (Wildman–Crippen MR) is 77.2 cm³/mol. The molecule has 1 aromatic rings. The molecule has 0 radical (unpaired) electrons. The van der Waals surface area contributed by atoms with Crippen LogP contribution >= 0.6 is 0 Å². The van der Waals surface area contributed by atoms with Crippen LogP contribution in [0.2, 0.25) is 0 Å². The number of anilines is 1. The molecule has 2 aliphatic rings. The highest BCUT2D eigenvalue weighted by Crippen LogP contribution is 2.38. The molecule has 0 saturated carbocycles. The van der Waals surface area contributed by atoms with E-state index < -0.39 is 0 Å². The van der Waals surface area contributed by atoms with Crippen molar-refractivity contribution in [2.45, 2.75) is 44.7 Å². The van der Waals surface area contributed by atoms with Gasteiger partial charge in [-0.2, -0.15) is 0 Å². The molecule has 1 aromatic carbocycles. The molecule has 1 atom stereocenters. The van der Waals surface area contributed by atoms with Gasteiger partial charge in [0.2, 0.25) is 0 Å². The molecule has 2 heteroatoms. The van der Waals surface area contributed by atoms with Crippen molar-refractivity contribution in [1.82, 2.24) is 4.90 Å². The summed E-state index contributed by atoms with van der Waals surface area (Å²) in [6.07, 6.45) is 3.89. The van der Waals surface area contributed by atoms with E-state index in [0.29, 0.717) is 6.04 Å². The molecule has 0 unspecified atom stereocenters. The summed E-state index contributed by atoms with van der Waals surface area (Å²) in [4.78, 5) is 5.18. The molecule has 0 N–H and O–H groups in total. The number of fused-ring (bicyclic) bond motifs is 1. The fraction of sp³-hybridized carbons (Fsp3) is 0.625. The molecular formula is C16H24N2. The minimum absolute atomic E-state index is 0.234. The van der Waals surface area contributed by atoms with Crippen molar-refractivity contribution in [2.75, 3.05) is 25.0 Å². The van der Waals surface area contributed by atoms with E-state index in [1.54, 1.807) is 0 Å². The number of rotatable bonds is 2. The lowest BCUT2D eigenvalue weighted by atomic mass is 9.90. The number of benzene rings is 1. The van der Waals surface area contributed by atoms with E-state index in [-0.39, 0.29) is 5.54 Å². The molecule has 1 saturated heterocycles. The van der Waals surface area contributed by atoms with E-state index in [0.717, 1.165) is 0 Å². The van der Waals surface area contributed by atoms with Gasteiger partial charge in [-0.1, -0.05) is 18.2 Å². The largest absolute Gasteiger partial charge is 0.364 e. The van der Waals surface area contributed by atoms with Crippen LogP contribution in [-0.4, -0.2) is 36.6 Å². The van der Waals surface area contributed by atoms with E-state index in [4.69, 9.17) is 0 Å². The third-order valence-electron chi connectivity index (χ3n) is 4.92. The van der Waals surface area contributed by atoms with Crippen LogP contribution in [0.25, 0.3) is 0 Å². The van der Waals surface area contributed by atoms with Gasteiger partial charge in [-0.15, -0.1) is 0 Å². The second-order valence-corrected chi connectivity index (χ2v) is 6.32. The zero-order chi connectivity index (χ0) is 12.8. The smallest absolute Gasteiger partial charge is 0.0501 e. The van der Waals surface area contributed by atoms with E-state index >= 15 is 0 Å². The summed E-state index contributed by atoms with van der Waals surface area (Å²) in [5, 5.41) is 0. The number of para-hydroxylation sites is 1. The average Bonchev–Trinajstić information content (AvgIpc) is 2.95. The van der Waals surface area contributed by atoms with Crippen molar-refractivity contribution >= 4 is 5.69 Å². The van der Waals surface area contributed by atoms with Crippen molar-refractivity contribution in [1.29, 1.82) is 0 Å². The van der Waals surface area contributed by atoms with Gasteiger partial charge in [-0.3, -0.25) is 0 Å². The standard InChI is InChI=1S/C16H24N2/c1-16(2,15-9-6-11-17(15)3)18-12-10-13-7-4-5-8-14(13)18/h4-5,7-8,15H,6,9-12H2,1-3H3/t15-/m1/s1. The Labute approximate surface area is 111 Å². The monoisotopic (exact) mass is 244 g/mol. The van der Waals surface area contributed by atoms with Crippen molar-refractivity contribution in [2.24, 2.45) is 0 Å². The van der Waals surface area contributed by atoms with E-state index in [1.807, 2.05) is 0 Å². The molecule has 18 heavy (non-hydrogen) atoms. The lowest BCUT2D eigenvalue weighted by Crippen LogP contribution is -2.55. The van der Waals surface area contributed by atoms with Gasteiger partial charge in [0.1, 0.15) is 0 Å². The summed E-state index contributed by atoms with van der Waals surface area (Å²) in [6.45, 7) is 7.27. The van der Waals surface area contributed by atoms with E-state index in [2.05, 4.69) is 55.0 Å². The Hall–Kier alpha value is -1.02. The first kappa shape index (κ1) is 12.0. The molecule has 2 nitrogen and oxygen atoms in total. The lowest BCUT2D eigenvalue weighted by Gasteiger charge is -2.45. The van der Waals surface area contributed by atoms with Gasteiger partial charge in [0.05, 0.1) is 5.54 Å². The van der Waals surface area contributed by atoms with Crippen molar-refractivity contribution < 1.29 is 0 Å². The van der Waals surface area contributed by atoms with Gasteiger partial charge in [0.25, 0.3) is 0 Å². The van der Waals surface area contributed by atoms with Gasteiger partial charge in [-0.05, 0) is 58.3 Å². The Morgan fingerprint density at radius 1 is 1.17 bits per heavy atom. The number of likely N-dealkylation sites (N-methyl/N-ethyl adjacent to an activating group) is 1. The fourth-order valence-electron chi connectivity index (χ4n) is 3.92. The molecule has 2 aliphatic heterocycles. The first-order chi connectivity index (χ1) is 8.60. The summed E-state index contributed by atoms with van der Waals surface area (Å²) in [7, 11) is 2.28. The molecular weight excluding hydrogens is 220 g/mol. The summed E-state index contributed by atoms with van der Waals surface area (Å²) in [5.41, 5.74) is 3.21. The third kappa shape index (κ3) is 1.74. The molecule has 0 spiro atoms. The Morgan fingerprint density at radius 3 is 2.67 bits per heavy atom. The molecule has 0 bridgehead atoms. The number of hydrogen-bond acceptors (Lipinski definition) is 2. The highest BCUT2D eigenvalue weighted by molar-refractivity contribution is 5.60. The minimum Gasteiger partial charge on any atom is -0.364 e. The topological polar surface area (TPSA) is 6.48 Å². The maximum Gasteiger partial charge on any atom is 0.0501 e. The Bertz CT molecular complexity index is 438. The zero-order valence-electron chi connectivity index (χ0n) is 11.8. The van der Waals surface area contributed by atoms with Crippen molar-refractivity contribution in [3.8, 4) is 0 Å². The number of likely N-dealkylation sites (tertiary alicyclic amines) is 1. The number of hydrogen-bond donors (Lipinski definition) is 0. The van der Waals surface area contributed by atoms with E-state index in [9.17, 15) is 0 Å². The van der Waals surface area contributed by atoms with Crippen LogP contribution in [0, 0.1) is 0 Å². The summed E-state index contributed by atoms with van der Waals surface area (Å²) in [6, 6.07) is 9.59. The molecule has 0 aromatic heterocycles. The normalized spacial score (nSPS) is 24.6. The first-order valence-corrected chi connectivity index (χ1v) is 7.16. The Kier molecular flexibility index (Phi) is 2.86. The van der Waals surface area contributed by atoms with Crippen LogP contribution in [0.15, 0.2) is 24.3 Å². The zero-order valence-corrected chi connectivity index (χ0v) is 11.8. The molecule has 0 amide bonds. The quantitative estimate of drug-likeness (QED) is 0.789. The molecule has 98 valence electrons. The van der Waals surface area contributed by atoms with E-state index in [1.165, 1.54) is 43.6 Å². The average molecular weight is 244 g/mol. The molecule has 1 fully saturated rings. The van der Waals surface area contributed by atoms with Crippen molar-refractivity contribution in [3.05, 3.63) is 29.8 Å². The van der Waals surface area contributed by atoms with Gasteiger partial charge in [0.15, 0.2) is 0 Å². The second kappa shape index (κ2) is 4.27. The second-order valence-electron chi connectivity index (χ2n) is 6.32.